The van der Waals surface area contributed by atoms with E-state index in [0.717, 1.165) is 50.2 Å². The number of hydrogen-bond donors (Lipinski definition) is 0. The second kappa shape index (κ2) is 10.4. The quantitative estimate of drug-likeness (QED) is 0.173. The number of rotatable bonds is 3. The molecule has 0 spiro atoms. The van der Waals surface area contributed by atoms with E-state index in [1.165, 1.54) is 16.5 Å². The second-order valence-electron chi connectivity index (χ2n) is 10.1. The molecule has 0 saturated carbocycles. The zero-order chi connectivity index (χ0) is 26.5. The maximum absolute atomic E-state index is 4.72. The van der Waals surface area contributed by atoms with Crippen molar-refractivity contribution >= 4 is 34.0 Å². The summed E-state index contributed by atoms with van der Waals surface area (Å²) in [6.07, 6.45) is 8.10. The van der Waals surface area contributed by atoms with Gasteiger partial charge in [-0.2, -0.15) is 18.2 Å². The smallest absolute Gasteiger partial charge is 0.319 e. The van der Waals surface area contributed by atoms with Crippen molar-refractivity contribution in [2.24, 2.45) is 0 Å². The molecule has 0 bridgehead atoms. The van der Waals surface area contributed by atoms with E-state index in [9.17, 15) is 0 Å². The van der Waals surface area contributed by atoms with Gasteiger partial charge in [0, 0.05) is 17.9 Å². The van der Waals surface area contributed by atoms with Gasteiger partial charge in [-0.15, -0.1) is 45.8 Å². The number of pyridine rings is 2. The fraction of sp³-hybridized carbons (Fsp3) is 0.0270. The topological polar surface area (TPSA) is 30.7 Å². The summed E-state index contributed by atoms with van der Waals surface area (Å²) < 4.78 is 2.23. The van der Waals surface area contributed by atoms with Crippen LogP contribution in [-0.4, -0.2) is 14.5 Å². The molecule has 0 radical (unpaired) electrons. The van der Waals surface area contributed by atoms with Crippen molar-refractivity contribution in [1.29, 1.82) is 0 Å². The maximum atomic E-state index is 4.72. The second-order valence-corrected chi connectivity index (χ2v) is 10.1. The van der Waals surface area contributed by atoms with Gasteiger partial charge in [0.15, 0.2) is 0 Å². The van der Waals surface area contributed by atoms with Crippen molar-refractivity contribution in [2.75, 3.05) is 0 Å². The van der Waals surface area contributed by atoms with Crippen LogP contribution in [0.25, 0.3) is 51.0 Å². The van der Waals surface area contributed by atoms with Crippen molar-refractivity contribution in [3.8, 4) is 17.1 Å². The normalized spacial score (nSPS) is 13.8. The van der Waals surface area contributed by atoms with Crippen LogP contribution in [0.2, 0.25) is 0 Å². The van der Waals surface area contributed by atoms with Gasteiger partial charge in [0.05, 0.1) is 0 Å². The van der Waals surface area contributed by atoms with E-state index in [2.05, 4.69) is 113 Å². The molecule has 41 heavy (non-hydrogen) atoms. The average molecular weight is 705 g/mol. The molecule has 1 atom stereocenters. The van der Waals surface area contributed by atoms with E-state index in [0.29, 0.717) is 0 Å². The van der Waals surface area contributed by atoms with Gasteiger partial charge in [-0.05, 0) is 52.4 Å². The van der Waals surface area contributed by atoms with E-state index in [1.807, 2.05) is 42.7 Å². The molecular formula is C37H23N3Pt. The summed E-state index contributed by atoms with van der Waals surface area (Å²) in [5.74, 6) is 0.832. The molecule has 0 amide bonds. The van der Waals surface area contributed by atoms with Gasteiger partial charge in [-0.3, -0.25) is 0 Å². The Morgan fingerprint density at radius 3 is 2.24 bits per heavy atom. The van der Waals surface area contributed by atoms with Gasteiger partial charge in [0.2, 0.25) is 0 Å². The Balaban J connectivity index is 0.00000276. The van der Waals surface area contributed by atoms with Gasteiger partial charge in [0.1, 0.15) is 5.82 Å². The standard InChI is InChI=1S/C37H23N3.Pt/c1-2-10-29-25(9-1)15-16-26-17-18-27(33-12-5-7-21-38-33)23-32(26)37(29)28-19-20-31-30-11-3-4-13-34(30)40(35(31)24-28)36-14-6-8-22-39-36;/h1-22,37H;/q-2;+2. The van der Waals surface area contributed by atoms with Crippen LogP contribution >= 0.6 is 0 Å². The van der Waals surface area contributed by atoms with Gasteiger partial charge >= 0.3 is 21.1 Å². The van der Waals surface area contributed by atoms with E-state index in [1.54, 1.807) is 0 Å². The zero-order valence-electron chi connectivity index (χ0n) is 21.9. The van der Waals surface area contributed by atoms with Crippen molar-refractivity contribution in [3.05, 3.63) is 162 Å². The Labute approximate surface area is 253 Å². The number of nitrogens with zero attached hydrogens (tertiary/aromatic N) is 3. The minimum atomic E-state index is -0.0514. The molecule has 0 saturated heterocycles. The molecule has 4 heteroatoms. The third kappa shape index (κ3) is 4.25. The van der Waals surface area contributed by atoms with Crippen LogP contribution < -0.4 is 0 Å². The van der Waals surface area contributed by atoms with Crippen LogP contribution in [-0.2, 0) is 21.1 Å². The van der Waals surface area contributed by atoms with Crippen LogP contribution in [0.15, 0.2) is 122 Å². The molecule has 1 aliphatic carbocycles. The summed E-state index contributed by atoms with van der Waals surface area (Å²) in [4.78, 5) is 9.32. The van der Waals surface area contributed by atoms with E-state index in [-0.39, 0.29) is 27.0 Å². The fourth-order valence-electron chi connectivity index (χ4n) is 5.96. The van der Waals surface area contributed by atoms with E-state index >= 15 is 0 Å². The monoisotopic (exact) mass is 704 g/mol. The zero-order valence-corrected chi connectivity index (χ0v) is 24.2. The molecule has 0 N–H and O–H groups in total. The number of fused-ring (bicyclic) bond motifs is 5. The summed E-state index contributed by atoms with van der Waals surface area (Å²) in [5, 5.41) is 2.36. The number of para-hydroxylation sites is 1. The van der Waals surface area contributed by atoms with Gasteiger partial charge in [0.25, 0.3) is 0 Å². The van der Waals surface area contributed by atoms with Crippen molar-refractivity contribution < 1.29 is 21.1 Å². The Hall–Kier alpha value is -4.59. The summed E-state index contributed by atoms with van der Waals surface area (Å²) in [6.45, 7) is 0. The first kappa shape index (κ1) is 25.4. The fourth-order valence-corrected chi connectivity index (χ4v) is 5.96. The molecular weight excluding hydrogens is 682 g/mol. The molecule has 196 valence electrons. The summed E-state index contributed by atoms with van der Waals surface area (Å²) in [7, 11) is 0. The van der Waals surface area contributed by atoms with Crippen LogP contribution in [0.5, 0.6) is 0 Å². The predicted octanol–water partition coefficient (Wildman–Crippen LogP) is 8.50. The summed E-state index contributed by atoms with van der Waals surface area (Å²) in [6, 6.07) is 45.6. The minimum Gasteiger partial charge on any atom is -0.319 e. The van der Waals surface area contributed by atoms with Crippen LogP contribution in [0.3, 0.4) is 0 Å². The van der Waals surface area contributed by atoms with Gasteiger partial charge < -0.3 is 9.55 Å². The Morgan fingerprint density at radius 1 is 0.610 bits per heavy atom. The molecule has 0 fully saturated rings. The summed E-state index contributed by atoms with van der Waals surface area (Å²) in [5.41, 5.74) is 9.87. The molecule has 8 rings (SSSR count). The van der Waals surface area contributed by atoms with Crippen molar-refractivity contribution in [2.45, 2.75) is 5.92 Å². The van der Waals surface area contributed by atoms with Gasteiger partial charge in [-0.1, -0.05) is 78.3 Å². The molecule has 0 aliphatic heterocycles. The van der Waals surface area contributed by atoms with E-state index < -0.39 is 0 Å². The Bertz CT molecular complexity index is 2060. The van der Waals surface area contributed by atoms with Crippen LogP contribution in [0, 0.1) is 12.1 Å². The van der Waals surface area contributed by atoms with Crippen LogP contribution in [0.4, 0.5) is 0 Å². The minimum absolute atomic E-state index is 0. The first-order valence-electron chi connectivity index (χ1n) is 13.5. The first-order valence-corrected chi connectivity index (χ1v) is 13.5. The maximum Gasteiger partial charge on any atom is 2.00 e. The number of benzene rings is 4. The number of hydrogen-bond acceptors (Lipinski definition) is 2. The largest absolute Gasteiger partial charge is 2.00 e. The van der Waals surface area contributed by atoms with Crippen molar-refractivity contribution in [3.63, 3.8) is 0 Å². The third-order valence-electron chi connectivity index (χ3n) is 7.78. The molecule has 4 aromatic carbocycles. The Kier molecular flexibility index (Phi) is 6.45. The molecule has 3 nitrogen and oxygen atoms in total. The van der Waals surface area contributed by atoms with Crippen LogP contribution in [0.1, 0.15) is 33.7 Å². The molecule has 3 heterocycles. The Morgan fingerprint density at radius 2 is 1.39 bits per heavy atom. The molecule has 7 aromatic rings. The molecule has 1 aliphatic rings. The summed E-state index contributed by atoms with van der Waals surface area (Å²) >= 11 is 0. The average Bonchev–Trinajstić information content (AvgIpc) is 3.25. The third-order valence-corrected chi connectivity index (χ3v) is 7.78. The predicted molar refractivity (Wildman–Crippen MR) is 162 cm³/mol. The van der Waals surface area contributed by atoms with E-state index in [4.69, 9.17) is 4.98 Å². The number of aromatic nitrogens is 3. The SMILES string of the molecule is [Pt+2].[c-]1c(-c2ccccn2)ccc2c1C(c1[c-]c3c(cc1)c1ccccc1n3-c1ccccn1)c1ccccc1C=C2. The first-order chi connectivity index (χ1) is 19.8. The van der Waals surface area contributed by atoms with Gasteiger partial charge in [-0.25, -0.2) is 4.98 Å². The van der Waals surface area contributed by atoms with Crippen molar-refractivity contribution in [1.82, 2.24) is 14.5 Å². The molecule has 3 aromatic heterocycles. The molecule has 1 unspecified atom stereocenters.